The van der Waals surface area contributed by atoms with E-state index in [0.717, 1.165) is 38.3 Å². The summed E-state index contributed by atoms with van der Waals surface area (Å²) in [4.78, 5) is 9.65. The Morgan fingerprint density at radius 2 is 1.45 bits per heavy atom. The van der Waals surface area contributed by atoms with Crippen molar-refractivity contribution in [1.82, 2.24) is 9.97 Å². The number of rotatable bonds is 4. The molecular formula is C34H29N2OPt-. The van der Waals surface area contributed by atoms with E-state index < -0.39 is 0 Å². The van der Waals surface area contributed by atoms with Gasteiger partial charge in [0.15, 0.2) is 0 Å². The molecule has 0 saturated carbocycles. The molecule has 0 spiro atoms. The molecule has 0 atom stereocenters. The van der Waals surface area contributed by atoms with Gasteiger partial charge in [-0.2, -0.15) is 0 Å². The van der Waals surface area contributed by atoms with Gasteiger partial charge in [0.25, 0.3) is 0 Å². The van der Waals surface area contributed by atoms with Crippen molar-refractivity contribution in [3.63, 3.8) is 0 Å². The zero-order valence-electron chi connectivity index (χ0n) is 21.9. The van der Waals surface area contributed by atoms with Gasteiger partial charge in [-0.05, 0) is 46.0 Å². The first-order valence-corrected chi connectivity index (χ1v) is 12.9. The Morgan fingerprint density at radius 1 is 0.737 bits per heavy atom. The van der Waals surface area contributed by atoms with Crippen LogP contribution < -0.4 is 0 Å². The first kappa shape index (κ1) is 26.1. The molecule has 6 aromatic rings. The molecule has 0 fully saturated rings. The summed E-state index contributed by atoms with van der Waals surface area (Å²) in [5.41, 5.74) is 8.35. The minimum Gasteiger partial charge on any atom is -0.506 e. The van der Waals surface area contributed by atoms with Crippen LogP contribution in [0.25, 0.3) is 55.0 Å². The summed E-state index contributed by atoms with van der Waals surface area (Å²) in [6, 6.07) is 30.5. The fraction of sp³-hybridized carbons (Fsp3) is 0.176. The zero-order valence-corrected chi connectivity index (χ0v) is 24.2. The van der Waals surface area contributed by atoms with Crippen molar-refractivity contribution in [1.29, 1.82) is 0 Å². The number of phenolic OH excluding ortho intramolecular Hbond substituents is 1. The van der Waals surface area contributed by atoms with Crippen LogP contribution in [0.2, 0.25) is 0 Å². The van der Waals surface area contributed by atoms with Gasteiger partial charge in [-0.25, -0.2) is 0 Å². The molecule has 2 heterocycles. The van der Waals surface area contributed by atoms with E-state index in [0.29, 0.717) is 17.4 Å². The summed E-state index contributed by atoms with van der Waals surface area (Å²) in [7, 11) is 0. The van der Waals surface area contributed by atoms with Gasteiger partial charge in [0.05, 0.1) is 0 Å². The molecule has 0 radical (unpaired) electrons. The minimum absolute atomic E-state index is 0. The van der Waals surface area contributed by atoms with E-state index >= 15 is 0 Å². The monoisotopic (exact) mass is 676 g/mol. The fourth-order valence-electron chi connectivity index (χ4n) is 5.38. The van der Waals surface area contributed by atoms with Gasteiger partial charge >= 0.3 is 0 Å². The van der Waals surface area contributed by atoms with Gasteiger partial charge in [-0.3, -0.25) is 9.97 Å². The maximum atomic E-state index is 10.6. The normalized spacial score (nSPS) is 11.5. The zero-order chi connectivity index (χ0) is 25.7. The molecule has 3 nitrogen and oxygen atoms in total. The van der Waals surface area contributed by atoms with E-state index in [1.807, 2.05) is 36.5 Å². The van der Waals surface area contributed by atoms with Gasteiger partial charge < -0.3 is 5.11 Å². The summed E-state index contributed by atoms with van der Waals surface area (Å²) < 4.78 is 0. The molecular weight excluding hydrogens is 647 g/mol. The van der Waals surface area contributed by atoms with Crippen LogP contribution in [0.15, 0.2) is 85.1 Å². The van der Waals surface area contributed by atoms with Gasteiger partial charge in [0.1, 0.15) is 11.3 Å². The number of aromatic hydroxyl groups is 1. The quantitative estimate of drug-likeness (QED) is 0.115. The molecule has 4 aromatic carbocycles. The Kier molecular flexibility index (Phi) is 7.07. The molecule has 0 aliphatic rings. The smallest absolute Gasteiger partial charge is 0.141 e. The van der Waals surface area contributed by atoms with Crippen LogP contribution in [0.4, 0.5) is 0 Å². The standard InChI is InChI=1S/C34H29N2O.Pt/c1-20(2)25-10-8-11-26(21(3)4)32(25)28-18-24(30-12-5-6-16-35-30)19-29-27(28)15-14-23-17-22-9-7-13-31(37)34(22)36-33(23)29;/h5-18,20-21,37H,1-4H3;/q-1;. The molecule has 1 N–H and O–H groups in total. The first-order chi connectivity index (χ1) is 17.9. The number of aromatic nitrogens is 2. The third-order valence-electron chi connectivity index (χ3n) is 7.21. The molecule has 0 saturated heterocycles. The van der Waals surface area contributed by atoms with Crippen molar-refractivity contribution in [2.45, 2.75) is 39.5 Å². The molecule has 38 heavy (non-hydrogen) atoms. The Bertz CT molecular complexity index is 1770. The molecule has 2 aromatic heterocycles. The van der Waals surface area contributed by atoms with E-state index in [1.54, 1.807) is 6.07 Å². The molecule has 192 valence electrons. The first-order valence-electron chi connectivity index (χ1n) is 12.9. The van der Waals surface area contributed by atoms with Gasteiger partial charge in [0, 0.05) is 43.9 Å². The van der Waals surface area contributed by atoms with Crippen LogP contribution in [0.1, 0.15) is 50.7 Å². The van der Waals surface area contributed by atoms with Crippen LogP contribution in [-0.2, 0) is 21.1 Å². The average molecular weight is 677 g/mol. The van der Waals surface area contributed by atoms with E-state index in [1.165, 1.54) is 22.3 Å². The summed E-state index contributed by atoms with van der Waals surface area (Å²) >= 11 is 0. The topological polar surface area (TPSA) is 46.0 Å². The molecule has 0 aliphatic heterocycles. The number of benzene rings is 4. The van der Waals surface area contributed by atoms with Crippen LogP contribution in [0.3, 0.4) is 0 Å². The summed E-state index contributed by atoms with van der Waals surface area (Å²) in [5, 5.41) is 14.6. The van der Waals surface area contributed by atoms with Gasteiger partial charge in [0.2, 0.25) is 0 Å². The number of hydrogen-bond donors (Lipinski definition) is 1. The Hall–Kier alpha value is -3.55. The van der Waals surface area contributed by atoms with Crippen LogP contribution >= 0.6 is 0 Å². The van der Waals surface area contributed by atoms with Crippen LogP contribution in [0.5, 0.6) is 5.75 Å². The predicted molar refractivity (Wildman–Crippen MR) is 154 cm³/mol. The Balaban J connectivity index is 0.00000294. The molecule has 6 rings (SSSR count). The number of pyridine rings is 2. The summed E-state index contributed by atoms with van der Waals surface area (Å²) in [5.74, 6) is 0.918. The summed E-state index contributed by atoms with van der Waals surface area (Å²) in [6.45, 7) is 9.02. The molecule has 0 amide bonds. The number of fused-ring (bicyclic) bond motifs is 4. The number of nitrogens with zero attached hydrogens (tertiary/aromatic N) is 2. The molecule has 0 bridgehead atoms. The third kappa shape index (κ3) is 4.40. The van der Waals surface area contributed by atoms with Crippen molar-refractivity contribution in [2.75, 3.05) is 0 Å². The number of phenols is 1. The van der Waals surface area contributed by atoms with Crippen molar-refractivity contribution >= 4 is 32.6 Å². The van der Waals surface area contributed by atoms with Crippen molar-refractivity contribution < 1.29 is 26.2 Å². The van der Waals surface area contributed by atoms with E-state index in [9.17, 15) is 5.11 Å². The number of hydrogen-bond acceptors (Lipinski definition) is 3. The minimum atomic E-state index is 0. The van der Waals surface area contributed by atoms with Crippen molar-refractivity contribution in [3.8, 4) is 28.1 Å². The maximum absolute atomic E-state index is 10.6. The summed E-state index contributed by atoms with van der Waals surface area (Å²) in [6.07, 6.45) is 1.82. The molecule has 0 unspecified atom stereocenters. The molecule has 4 heteroatoms. The van der Waals surface area contributed by atoms with Gasteiger partial charge in [-0.15, -0.1) is 12.1 Å². The third-order valence-corrected chi connectivity index (χ3v) is 7.21. The van der Waals surface area contributed by atoms with Crippen molar-refractivity contribution in [2.24, 2.45) is 0 Å². The average Bonchev–Trinajstić information content (AvgIpc) is 2.91. The Labute approximate surface area is 237 Å². The van der Waals surface area contributed by atoms with E-state index in [4.69, 9.17) is 4.98 Å². The second-order valence-electron chi connectivity index (χ2n) is 10.3. The van der Waals surface area contributed by atoms with E-state index in [-0.39, 0.29) is 26.8 Å². The predicted octanol–water partition coefficient (Wildman–Crippen LogP) is 9.02. The van der Waals surface area contributed by atoms with Crippen molar-refractivity contribution in [3.05, 3.63) is 102 Å². The SMILES string of the molecule is CC(C)c1cccc(C(C)C)c1-c1cc(-c2ccccn2)[c-]c2c1ccc1cc3cccc(O)c3nc12.[Pt]. The largest absolute Gasteiger partial charge is 0.506 e. The van der Waals surface area contributed by atoms with Gasteiger partial charge in [-0.1, -0.05) is 110 Å². The fourth-order valence-corrected chi connectivity index (χ4v) is 5.38. The second kappa shape index (κ2) is 10.3. The Morgan fingerprint density at radius 3 is 2.13 bits per heavy atom. The second-order valence-corrected chi connectivity index (χ2v) is 10.3. The number of para-hydroxylation sites is 1. The van der Waals surface area contributed by atoms with Crippen LogP contribution in [-0.4, -0.2) is 15.1 Å². The van der Waals surface area contributed by atoms with Crippen LogP contribution in [0, 0.1) is 6.07 Å². The maximum Gasteiger partial charge on any atom is 0.141 e. The molecule has 0 aliphatic carbocycles. The van der Waals surface area contributed by atoms with E-state index in [2.05, 4.69) is 81.2 Å².